The lowest BCUT2D eigenvalue weighted by Gasteiger charge is -2.07. The normalized spacial score (nSPS) is 11.4. The molecule has 0 saturated heterocycles. The minimum absolute atomic E-state index is 0.263. The van der Waals surface area contributed by atoms with Gasteiger partial charge in [0.2, 0.25) is 10.0 Å². The van der Waals surface area contributed by atoms with Gasteiger partial charge in [0.1, 0.15) is 0 Å². The molecule has 0 unspecified atom stereocenters. The molecule has 0 amide bonds. The summed E-state index contributed by atoms with van der Waals surface area (Å²) < 4.78 is 27.4. The van der Waals surface area contributed by atoms with Crippen LogP contribution in [0, 0.1) is 0 Å². The molecule has 0 aliphatic heterocycles. The van der Waals surface area contributed by atoms with Crippen molar-refractivity contribution >= 4 is 26.0 Å². The first-order valence-electron chi connectivity index (χ1n) is 5.38. The Balaban J connectivity index is 2.14. The molecule has 0 spiro atoms. The Labute approximate surface area is 115 Å². The molecule has 0 heterocycles. The van der Waals surface area contributed by atoms with E-state index in [1.165, 1.54) is 0 Å². The predicted octanol–water partition coefficient (Wildman–Crippen LogP) is 2.93. The summed E-state index contributed by atoms with van der Waals surface area (Å²) in [6.07, 6.45) is 0. The zero-order chi connectivity index (χ0) is 13.0. The van der Waals surface area contributed by atoms with Crippen LogP contribution in [0.15, 0.2) is 64.0 Å². The summed E-state index contributed by atoms with van der Waals surface area (Å²) >= 11 is 3.39. The Morgan fingerprint density at radius 2 is 1.56 bits per heavy atom. The maximum atomic E-state index is 12.0. The number of benzene rings is 2. The van der Waals surface area contributed by atoms with Crippen molar-refractivity contribution in [3.8, 4) is 0 Å². The molecular weight excluding hydrogens is 314 g/mol. The summed E-state index contributed by atoms with van der Waals surface area (Å²) in [7, 11) is -3.45. The fourth-order valence-electron chi connectivity index (χ4n) is 1.50. The van der Waals surface area contributed by atoms with Crippen molar-refractivity contribution < 1.29 is 8.42 Å². The lowest BCUT2D eigenvalue weighted by Crippen LogP contribution is -2.23. The van der Waals surface area contributed by atoms with E-state index < -0.39 is 10.0 Å². The van der Waals surface area contributed by atoms with Crippen LogP contribution in [0.5, 0.6) is 0 Å². The quantitative estimate of drug-likeness (QED) is 0.939. The largest absolute Gasteiger partial charge is 0.240 e. The summed E-state index contributed by atoms with van der Waals surface area (Å²) in [5.41, 5.74) is 0.900. The zero-order valence-electron chi connectivity index (χ0n) is 9.51. The molecule has 0 saturated carbocycles. The van der Waals surface area contributed by atoms with E-state index in [-0.39, 0.29) is 11.4 Å². The smallest absolute Gasteiger partial charge is 0.207 e. The van der Waals surface area contributed by atoms with Crippen LogP contribution in [0.1, 0.15) is 5.56 Å². The van der Waals surface area contributed by atoms with Gasteiger partial charge in [0.25, 0.3) is 0 Å². The lowest BCUT2D eigenvalue weighted by molar-refractivity contribution is 0.581. The fourth-order valence-corrected chi connectivity index (χ4v) is 2.95. The van der Waals surface area contributed by atoms with E-state index in [1.807, 2.05) is 24.3 Å². The minimum Gasteiger partial charge on any atom is -0.207 e. The van der Waals surface area contributed by atoms with E-state index in [1.54, 1.807) is 30.3 Å². The number of rotatable bonds is 4. The summed E-state index contributed by atoms with van der Waals surface area (Å²) in [6.45, 7) is 0.263. The zero-order valence-corrected chi connectivity index (χ0v) is 11.9. The molecule has 0 aliphatic carbocycles. The summed E-state index contributed by atoms with van der Waals surface area (Å²) in [6, 6.07) is 15.8. The van der Waals surface area contributed by atoms with Crippen LogP contribution in [0.3, 0.4) is 0 Å². The van der Waals surface area contributed by atoms with Gasteiger partial charge in [-0.15, -0.1) is 0 Å². The average molecular weight is 326 g/mol. The van der Waals surface area contributed by atoms with Crippen LogP contribution in [0.4, 0.5) is 0 Å². The third-order valence-corrected chi connectivity index (χ3v) is 4.65. The Bertz CT molecular complexity index is 626. The van der Waals surface area contributed by atoms with Crippen LogP contribution in [0.25, 0.3) is 0 Å². The molecule has 0 bridgehead atoms. The van der Waals surface area contributed by atoms with Crippen LogP contribution >= 0.6 is 15.9 Å². The topological polar surface area (TPSA) is 46.2 Å². The van der Waals surface area contributed by atoms with E-state index in [9.17, 15) is 8.42 Å². The summed E-state index contributed by atoms with van der Waals surface area (Å²) in [5.74, 6) is 0. The van der Waals surface area contributed by atoms with Gasteiger partial charge in [-0.2, -0.15) is 0 Å². The van der Waals surface area contributed by atoms with E-state index in [2.05, 4.69) is 20.7 Å². The van der Waals surface area contributed by atoms with E-state index in [0.717, 1.165) is 10.0 Å². The van der Waals surface area contributed by atoms with Crippen molar-refractivity contribution in [2.45, 2.75) is 11.4 Å². The van der Waals surface area contributed by atoms with E-state index in [4.69, 9.17) is 0 Å². The van der Waals surface area contributed by atoms with Crippen LogP contribution < -0.4 is 4.72 Å². The van der Waals surface area contributed by atoms with Crippen molar-refractivity contribution in [3.63, 3.8) is 0 Å². The SMILES string of the molecule is O=S(=O)(NCc1ccccc1Br)c1ccccc1. The molecule has 3 nitrogen and oxygen atoms in total. The first kappa shape index (κ1) is 13.3. The van der Waals surface area contributed by atoms with Crippen molar-refractivity contribution in [1.82, 2.24) is 4.72 Å². The Kier molecular flexibility index (Phi) is 4.16. The van der Waals surface area contributed by atoms with Crippen molar-refractivity contribution in [2.24, 2.45) is 0 Å². The first-order valence-corrected chi connectivity index (χ1v) is 7.65. The third kappa shape index (κ3) is 3.19. The molecule has 0 radical (unpaired) electrons. The van der Waals surface area contributed by atoms with Crippen LogP contribution in [-0.4, -0.2) is 8.42 Å². The van der Waals surface area contributed by atoms with Gasteiger partial charge in [-0.05, 0) is 23.8 Å². The highest BCUT2D eigenvalue weighted by Crippen LogP contribution is 2.16. The molecule has 18 heavy (non-hydrogen) atoms. The highest BCUT2D eigenvalue weighted by molar-refractivity contribution is 9.10. The molecule has 0 atom stereocenters. The fraction of sp³-hybridized carbons (Fsp3) is 0.0769. The van der Waals surface area contributed by atoms with Crippen LogP contribution in [0.2, 0.25) is 0 Å². The second kappa shape index (κ2) is 5.65. The highest BCUT2D eigenvalue weighted by atomic mass is 79.9. The molecule has 2 aromatic carbocycles. The second-order valence-corrected chi connectivity index (χ2v) is 6.35. The molecular formula is C13H12BrNO2S. The predicted molar refractivity (Wildman–Crippen MR) is 74.6 cm³/mol. The Morgan fingerprint density at radius 1 is 0.944 bits per heavy atom. The maximum absolute atomic E-state index is 12.0. The van der Waals surface area contributed by atoms with Crippen molar-refractivity contribution in [3.05, 3.63) is 64.6 Å². The van der Waals surface area contributed by atoms with E-state index in [0.29, 0.717) is 0 Å². The van der Waals surface area contributed by atoms with Crippen molar-refractivity contribution in [1.29, 1.82) is 0 Å². The van der Waals surface area contributed by atoms with Crippen molar-refractivity contribution in [2.75, 3.05) is 0 Å². The molecule has 0 aliphatic rings. The lowest BCUT2D eigenvalue weighted by atomic mass is 10.2. The molecule has 0 fully saturated rings. The molecule has 5 heteroatoms. The van der Waals surface area contributed by atoms with Gasteiger partial charge < -0.3 is 0 Å². The summed E-state index contributed by atoms with van der Waals surface area (Å²) in [4.78, 5) is 0.275. The first-order chi connectivity index (χ1) is 8.59. The number of nitrogens with one attached hydrogen (secondary N) is 1. The number of hydrogen-bond donors (Lipinski definition) is 1. The number of hydrogen-bond acceptors (Lipinski definition) is 2. The molecule has 0 aromatic heterocycles. The van der Waals surface area contributed by atoms with Gasteiger partial charge >= 0.3 is 0 Å². The van der Waals surface area contributed by atoms with Gasteiger partial charge in [0, 0.05) is 11.0 Å². The van der Waals surface area contributed by atoms with Gasteiger partial charge in [0.15, 0.2) is 0 Å². The van der Waals surface area contributed by atoms with Gasteiger partial charge in [0.05, 0.1) is 4.90 Å². The molecule has 94 valence electrons. The third-order valence-electron chi connectivity index (χ3n) is 2.46. The standard InChI is InChI=1S/C13H12BrNO2S/c14-13-9-5-4-6-11(13)10-15-18(16,17)12-7-2-1-3-8-12/h1-9,15H,10H2. The van der Waals surface area contributed by atoms with Gasteiger partial charge in [-0.25, -0.2) is 13.1 Å². The van der Waals surface area contributed by atoms with Gasteiger partial charge in [-0.3, -0.25) is 0 Å². The average Bonchev–Trinajstić information content (AvgIpc) is 2.39. The number of halogens is 1. The number of sulfonamides is 1. The molecule has 2 rings (SSSR count). The molecule has 1 N–H and O–H groups in total. The highest BCUT2D eigenvalue weighted by Gasteiger charge is 2.13. The summed E-state index contributed by atoms with van der Waals surface area (Å²) in [5, 5.41) is 0. The van der Waals surface area contributed by atoms with Crippen LogP contribution in [-0.2, 0) is 16.6 Å². The monoisotopic (exact) mass is 325 g/mol. The minimum atomic E-state index is -3.45. The van der Waals surface area contributed by atoms with Gasteiger partial charge in [-0.1, -0.05) is 52.3 Å². The van der Waals surface area contributed by atoms with E-state index >= 15 is 0 Å². The second-order valence-electron chi connectivity index (χ2n) is 3.73. The molecule has 2 aromatic rings. The Morgan fingerprint density at radius 3 is 2.22 bits per heavy atom. The Hall–Kier alpha value is -1.17. The maximum Gasteiger partial charge on any atom is 0.240 e.